The van der Waals surface area contributed by atoms with Gasteiger partial charge in [0.15, 0.2) is 6.29 Å². The Bertz CT molecular complexity index is 462. The number of benzene rings is 1. The van der Waals surface area contributed by atoms with Crippen molar-refractivity contribution in [3.63, 3.8) is 0 Å². The molecule has 0 aromatic heterocycles. The van der Waals surface area contributed by atoms with Gasteiger partial charge in [0.25, 0.3) is 0 Å². The van der Waals surface area contributed by atoms with Crippen molar-refractivity contribution in [3.8, 4) is 0 Å². The van der Waals surface area contributed by atoms with Gasteiger partial charge < -0.3 is 10.6 Å². The summed E-state index contributed by atoms with van der Waals surface area (Å²) in [6, 6.07) is 5.17. The number of nitrogens with zero attached hydrogens (tertiary/aromatic N) is 1. The van der Waals surface area contributed by atoms with E-state index < -0.39 is 0 Å². The van der Waals surface area contributed by atoms with Crippen molar-refractivity contribution in [2.75, 3.05) is 18.0 Å². The van der Waals surface area contributed by atoms with Crippen molar-refractivity contribution in [2.45, 2.75) is 6.42 Å². The third-order valence-electron chi connectivity index (χ3n) is 3.05. The van der Waals surface area contributed by atoms with Gasteiger partial charge in [-0.05, 0) is 24.6 Å². The third kappa shape index (κ3) is 2.42. The molecule has 1 aliphatic rings. The van der Waals surface area contributed by atoms with Gasteiger partial charge in [-0.2, -0.15) is 0 Å². The number of hydrogen-bond acceptors (Lipinski definition) is 3. The van der Waals surface area contributed by atoms with Crippen molar-refractivity contribution in [3.05, 3.63) is 28.8 Å². The summed E-state index contributed by atoms with van der Waals surface area (Å²) in [4.78, 5) is 24.1. The van der Waals surface area contributed by atoms with Gasteiger partial charge in [0.05, 0.1) is 5.92 Å². The van der Waals surface area contributed by atoms with Crippen LogP contribution in [0.4, 0.5) is 5.69 Å². The lowest BCUT2D eigenvalue weighted by molar-refractivity contribution is -0.121. The highest BCUT2D eigenvalue weighted by Crippen LogP contribution is 2.28. The van der Waals surface area contributed by atoms with E-state index in [9.17, 15) is 9.59 Å². The molecule has 0 radical (unpaired) electrons. The molecule has 0 saturated carbocycles. The van der Waals surface area contributed by atoms with Crippen LogP contribution in [0.3, 0.4) is 0 Å². The summed E-state index contributed by atoms with van der Waals surface area (Å²) in [7, 11) is 0. The molecule has 1 saturated heterocycles. The van der Waals surface area contributed by atoms with E-state index in [1.54, 1.807) is 18.2 Å². The van der Waals surface area contributed by atoms with Crippen LogP contribution in [0.25, 0.3) is 0 Å². The number of anilines is 1. The lowest BCUT2D eigenvalue weighted by atomic mass is 10.1. The predicted octanol–water partition coefficient (Wildman–Crippen LogP) is 1.46. The Morgan fingerprint density at radius 1 is 1.53 bits per heavy atom. The summed E-state index contributed by atoms with van der Waals surface area (Å²) in [5.74, 6) is -0.417. The minimum absolute atomic E-state index is 0.134. The summed E-state index contributed by atoms with van der Waals surface area (Å²) in [5, 5.41) is 0.529. The summed E-state index contributed by atoms with van der Waals surface area (Å²) >= 11 is 5.83. The summed E-state index contributed by atoms with van der Waals surface area (Å²) in [6.45, 7) is 1.30. The molecular weight excluding hydrogens is 240 g/mol. The second kappa shape index (κ2) is 4.75. The highest BCUT2D eigenvalue weighted by Gasteiger charge is 2.27. The first-order chi connectivity index (χ1) is 8.11. The molecule has 1 heterocycles. The maximum Gasteiger partial charge on any atom is 0.222 e. The largest absolute Gasteiger partial charge is 0.370 e. The van der Waals surface area contributed by atoms with Crippen LogP contribution in [0.15, 0.2) is 18.2 Å². The number of halogens is 1. The molecule has 1 aliphatic heterocycles. The van der Waals surface area contributed by atoms with Crippen molar-refractivity contribution < 1.29 is 9.59 Å². The van der Waals surface area contributed by atoms with E-state index in [2.05, 4.69) is 0 Å². The van der Waals surface area contributed by atoms with Gasteiger partial charge in [-0.15, -0.1) is 0 Å². The van der Waals surface area contributed by atoms with Crippen molar-refractivity contribution >= 4 is 29.5 Å². The molecule has 0 aliphatic carbocycles. The Morgan fingerprint density at radius 3 is 2.88 bits per heavy atom. The van der Waals surface area contributed by atoms with E-state index in [4.69, 9.17) is 17.3 Å². The highest BCUT2D eigenvalue weighted by atomic mass is 35.5. The normalized spacial score (nSPS) is 19.4. The van der Waals surface area contributed by atoms with Crippen LogP contribution >= 0.6 is 11.6 Å². The number of nitrogens with two attached hydrogens (primary N) is 1. The fourth-order valence-corrected chi connectivity index (χ4v) is 2.30. The van der Waals surface area contributed by atoms with Gasteiger partial charge in [0, 0.05) is 29.4 Å². The van der Waals surface area contributed by atoms with Crippen LogP contribution in [-0.4, -0.2) is 25.3 Å². The topological polar surface area (TPSA) is 63.4 Å². The van der Waals surface area contributed by atoms with E-state index in [0.717, 1.165) is 24.9 Å². The monoisotopic (exact) mass is 252 g/mol. The van der Waals surface area contributed by atoms with Gasteiger partial charge in [0.2, 0.25) is 5.91 Å². The Balaban J connectivity index is 2.24. The first kappa shape index (κ1) is 11.9. The van der Waals surface area contributed by atoms with Gasteiger partial charge >= 0.3 is 0 Å². The Morgan fingerprint density at radius 2 is 2.29 bits per heavy atom. The molecule has 2 N–H and O–H groups in total. The van der Waals surface area contributed by atoms with E-state index in [1.807, 2.05) is 4.90 Å². The lowest BCUT2D eigenvalue weighted by Crippen LogP contribution is -2.27. The zero-order valence-electron chi connectivity index (χ0n) is 9.23. The standard InChI is InChI=1S/C12H13ClN2O2/c13-10-1-2-11(9(5-10)7-16)15-4-3-8(6-15)12(14)17/h1-2,5,7-8H,3-4,6H2,(H2,14,17). The predicted molar refractivity (Wildman–Crippen MR) is 66.4 cm³/mol. The molecule has 1 unspecified atom stereocenters. The van der Waals surface area contributed by atoms with Gasteiger partial charge in [-0.3, -0.25) is 9.59 Å². The first-order valence-corrected chi connectivity index (χ1v) is 5.78. The molecule has 17 heavy (non-hydrogen) atoms. The number of hydrogen-bond donors (Lipinski definition) is 1. The maximum atomic E-state index is 11.1. The summed E-state index contributed by atoms with van der Waals surface area (Å²) < 4.78 is 0. The number of primary amides is 1. The number of aldehydes is 1. The smallest absolute Gasteiger partial charge is 0.222 e. The van der Waals surface area contributed by atoms with Gasteiger partial charge in [0.1, 0.15) is 0 Å². The van der Waals surface area contributed by atoms with Crippen LogP contribution < -0.4 is 10.6 Å². The zero-order valence-corrected chi connectivity index (χ0v) is 9.98. The number of amides is 1. The van der Waals surface area contributed by atoms with Crippen molar-refractivity contribution in [2.24, 2.45) is 11.7 Å². The average Bonchev–Trinajstić information content (AvgIpc) is 2.78. The molecule has 1 amide bonds. The zero-order chi connectivity index (χ0) is 12.4. The van der Waals surface area contributed by atoms with Gasteiger partial charge in [-0.1, -0.05) is 11.6 Å². The second-order valence-corrected chi connectivity index (χ2v) is 4.59. The van der Waals surface area contributed by atoms with Crippen LogP contribution in [0.5, 0.6) is 0 Å². The Labute approximate surface area is 104 Å². The highest BCUT2D eigenvalue weighted by molar-refractivity contribution is 6.31. The fourth-order valence-electron chi connectivity index (χ4n) is 2.12. The van der Waals surface area contributed by atoms with E-state index in [1.165, 1.54) is 0 Å². The number of carbonyl (C=O) groups is 2. The van der Waals surface area contributed by atoms with Crippen LogP contribution in [-0.2, 0) is 4.79 Å². The molecule has 5 heteroatoms. The minimum atomic E-state index is -0.283. The second-order valence-electron chi connectivity index (χ2n) is 4.15. The number of carbonyl (C=O) groups excluding carboxylic acids is 2. The first-order valence-electron chi connectivity index (χ1n) is 5.41. The number of rotatable bonds is 3. The SMILES string of the molecule is NC(=O)C1CCN(c2ccc(Cl)cc2C=O)C1. The molecule has 4 nitrogen and oxygen atoms in total. The van der Waals surface area contributed by atoms with E-state index in [0.29, 0.717) is 17.1 Å². The molecule has 1 atom stereocenters. The molecular formula is C12H13ClN2O2. The minimum Gasteiger partial charge on any atom is -0.370 e. The molecule has 1 aromatic rings. The fraction of sp³-hybridized carbons (Fsp3) is 0.333. The summed E-state index contributed by atoms with van der Waals surface area (Å²) in [6.07, 6.45) is 1.51. The molecule has 90 valence electrons. The quantitative estimate of drug-likeness (QED) is 0.829. The van der Waals surface area contributed by atoms with E-state index >= 15 is 0 Å². The van der Waals surface area contributed by atoms with E-state index in [-0.39, 0.29) is 11.8 Å². The molecule has 0 spiro atoms. The molecule has 1 fully saturated rings. The van der Waals surface area contributed by atoms with Crippen LogP contribution in [0.1, 0.15) is 16.8 Å². The summed E-state index contributed by atoms with van der Waals surface area (Å²) in [5.41, 5.74) is 6.63. The molecule has 0 bridgehead atoms. The Kier molecular flexibility index (Phi) is 3.33. The molecule has 2 rings (SSSR count). The van der Waals surface area contributed by atoms with Gasteiger partial charge in [-0.25, -0.2) is 0 Å². The Hall–Kier alpha value is -1.55. The van der Waals surface area contributed by atoms with Crippen molar-refractivity contribution in [1.29, 1.82) is 0 Å². The average molecular weight is 253 g/mol. The third-order valence-corrected chi connectivity index (χ3v) is 3.28. The lowest BCUT2D eigenvalue weighted by Gasteiger charge is -2.20. The van der Waals surface area contributed by atoms with Crippen LogP contribution in [0, 0.1) is 5.92 Å². The molecule has 1 aromatic carbocycles. The van der Waals surface area contributed by atoms with Crippen molar-refractivity contribution in [1.82, 2.24) is 0 Å². The van der Waals surface area contributed by atoms with Crippen LogP contribution in [0.2, 0.25) is 5.02 Å². The maximum absolute atomic E-state index is 11.1.